The van der Waals surface area contributed by atoms with E-state index in [1.807, 2.05) is 72.8 Å². The maximum Gasteiger partial charge on any atom is 0.188 e. The topological polar surface area (TPSA) is 58.2 Å². The quantitative estimate of drug-likeness (QED) is 0.396. The largest absolute Gasteiger partial charge is 0.383 e. The van der Waals surface area contributed by atoms with E-state index >= 15 is 0 Å². The fourth-order valence-corrected chi connectivity index (χ4v) is 4.79. The van der Waals surface area contributed by atoms with Crippen molar-refractivity contribution >= 4 is 56.6 Å². The minimum absolute atomic E-state index is 0.0219. The van der Waals surface area contributed by atoms with Crippen LogP contribution in [0.4, 0.5) is 11.4 Å². The first-order valence-corrected chi connectivity index (χ1v) is 10.7. The van der Waals surface area contributed by atoms with E-state index in [0.717, 1.165) is 55.2 Å². The lowest BCUT2D eigenvalue weighted by Gasteiger charge is -2.19. The maximum atomic E-state index is 12.6. The van der Waals surface area contributed by atoms with Gasteiger partial charge in [0.15, 0.2) is 11.6 Å². The second kappa shape index (κ2) is 7.20. The van der Waals surface area contributed by atoms with Crippen LogP contribution >= 0.6 is 0 Å². The minimum atomic E-state index is 0.0219. The highest BCUT2D eigenvalue weighted by Gasteiger charge is 2.20. The van der Waals surface area contributed by atoms with E-state index in [2.05, 4.69) is 10.6 Å². The Morgan fingerprint density at radius 1 is 0.531 bits per heavy atom. The van der Waals surface area contributed by atoms with Gasteiger partial charge in [0.25, 0.3) is 0 Å². The molecule has 0 heterocycles. The molecule has 6 rings (SSSR count). The molecule has 4 heteroatoms. The highest BCUT2D eigenvalue weighted by atomic mass is 16.1. The number of rotatable bonds is 5. The summed E-state index contributed by atoms with van der Waals surface area (Å²) < 4.78 is 0. The van der Waals surface area contributed by atoms with Crippen LogP contribution in [-0.4, -0.2) is 24.7 Å². The molecular formula is C28H20N2O2. The number of nitrogens with one attached hydrogen (secondary N) is 2. The van der Waals surface area contributed by atoms with Crippen LogP contribution in [0.5, 0.6) is 0 Å². The van der Waals surface area contributed by atoms with Gasteiger partial charge in [-0.15, -0.1) is 0 Å². The number of ketones is 2. The van der Waals surface area contributed by atoms with E-state index in [0.29, 0.717) is 13.1 Å². The molecule has 4 aromatic carbocycles. The Hall–Kier alpha value is -4.18. The Balaban J connectivity index is 1.25. The molecule has 4 nitrogen and oxygen atoms in total. The number of hydrogen-bond donors (Lipinski definition) is 2. The smallest absolute Gasteiger partial charge is 0.188 e. The van der Waals surface area contributed by atoms with Crippen molar-refractivity contribution in [3.63, 3.8) is 0 Å². The molecule has 0 aliphatic heterocycles. The van der Waals surface area contributed by atoms with Crippen molar-refractivity contribution in [2.24, 2.45) is 0 Å². The first kappa shape index (κ1) is 18.6. The van der Waals surface area contributed by atoms with Crippen molar-refractivity contribution in [1.82, 2.24) is 0 Å². The molecule has 0 radical (unpaired) electrons. The fourth-order valence-electron chi connectivity index (χ4n) is 4.79. The molecule has 0 aromatic heterocycles. The van der Waals surface area contributed by atoms with Crippen molar-refractivity contribution in [2.45, 2.75) is 0 Å². The number of benzene rings is 4. The van der Waals surface area contributed by atoms with Gasteiger partial charge in [0.05, 0.1) is 11.1 Å². The van der Waals surface area contributed by atoms with Gasteiger partial charge in [-0.25, -0.2) is 0 Å². The van der Waals surface area contributed by atoms with Crippen LogP contribution in [0.25, 0.3) is 33.7 Å². The predicted octanol–water partition coefficient (Wildman–Crippen LogP) is 5.94. The molecule has 2 aliphatic carbocycles. The molecule has 154 valence electrons. The van der Waals surface area contributed by atoms with Gasteiger partial charge in [0, 0.05) is 35.2 Å². The average Bonchev–Trinajstić information content (AvgIpc) is 2.82. The number of carbonyl (C=O) groups is 2. The molecule has 32 heavy (non-hydrogen) atoms. The molecule has 0 spiro atoms. The first-order valence-electron chi connectivity index (χ1n) is 10.7. The van der Waals surface area contributed by atoms with Gasteiger partial charge in [-0.1, -0.05) is 60.7 Å². The lowest BCUT2D eigenvalue weighted by molar-refractivity contribution is 0.104. The van der Waals surface area contributed by atoms with Crippen LogP contribution in [0.3, 0.4) is 0 Å². The molecule has 0 fully saturated rings. The molecule has 0 unspecified atom stereocenters. The summed E-state index contributed by atoms with van der Waals surface area (Å²) in [7, 11) is 0. The third-order valence-electron chi connectivity index (χ3n) is 6.23. The Morgan fingerprint density at radius 3 is 1.47 bits per heavy atom. The van der Waals surface area contributed by atoms with Crippen LogP contribution in [0, 0.1) is 0 Å². The van der Waals surface area contributed by atoms with Gasteiger partial charge >= 0.3 is 0 Å². The molecule has 0 atom stereocenters. The summed E-state index contributed by atoms with van der Waals surface area (Å²) in [6.07, 6.45) is 7.04. The number of allylic oxidation sites excluding steroid dienone is 2. The van der Waals surface area contributed by atoms with E-state index in [9.17, 15) is 9.59 Å². The molecule has 2 N–H and O–H groups in total. The maximum absolute atomic E-state index is 12.6. The molecule has 4 aromatic rings. The SMILES string of the molecule is O=C1C=Cc2cccc3ccc(NCCNc4ccc5cccc6c5c4C(=O)C=C6)c1c23. The highest BCUT2D eigenvalue weighted by Crippen LogP contribution is 2.35. The van der Waals surface area contributed by atoms with Crippen molar-refractivity contribution in [3.05, 3.63) is 95.1 Å². The van der Waals surface area contributed by atoms with Crippen LogP contribution in [0.1, 0.15) is 31.8 Å². The lowest BCUT2D eigenvalue weighted by Crippen LogP contribution is -2.17. The molecule has 0 saturated heterocycles. The summed E-state index contributed by atoms with van der Waals surface area (Å²) in [4.78, 5) is 25.3. The summed E-state index contributed by atoms with van der Waals surface area (Å²) in [6, 6.07) is 20.2. The van der Waals surface area contributed by atoms with Gasteiger partial charge in [-0.3, -0.25) is 9.59 Å². The normalized spacial score (nSPS) is 13.8. The van der Waals surface area contributed by atoms with E-state index in [-0.39, 0.29) is 11.6 Å². The van der Waals surface area contributed by atoms with E-state index in [1.54, 1.807) is 12.2 Å². The number of anilines is 2. The average molecular weight is 416 g/mol. The van der Waals surface area contributed by atoms with Gasteiger partial charge < -0.3 is 10.6 Å². The Labute approximate surface area is 185 Å². The van der Waals surface area contributed by atoms with Crippen molar-refractivity contribution in [3.8, 4) is 0 Å². The van der Waals surface area contributed by atoms with Gasteiger partial charge in [0.1, 0.15) is 0 Å². The van der Waals surface area contributed by atoms with Gasteiger partial charge in [0.2, 0.25) is 0 Å². The summed E-state index contributed by atoms with van der Waals surface area (Å²) >= 11 is 0. The summed E-state index contributed by atoms with van der Waals surface area (Å²) in [5.41, 5.74) is 5.26. The second-order valence-electron chi connectivity index (χ2n) is 8.12. The van der Waals surface area contributed by atoms with Gasteiger partial charge in [-0.05, 0) is 46.2 Å². The third kappa shape index (κ3) is 2.84. The lowest BCUT2D eigenvalue weighted by atomic mass is 9.91. The number of carbonyl (C=O) groups excluding carboxylic acids is 2. The second-order valence-corrected chi connectivity index (χ2v) is 8.12. The standard InChI is InChI=1S/C28H20N2O2/c31-23-13-9-19-5-1-3-17-7-11-21(27(23)25(17)19)29-15-16-30-22-12-8-18-4-2-6-20-10-14-24(32)28(22)26(18)20/h1-14,29-30H,15-16H2. The van der Waals surface area contributed by atoms with Crippen molar-refractivity contribution < 1.29 is 9.59 Å². The zero-order valence-electron chi connectivity index (χ0n) is 17.3. The van der Waals surface area contributed by atoms with Crippen LogP contribution in [0.2, 0.25) is 0 Å². The molecule has 2 aliphatic rings. The summed E-state index contributed by atoms with van der Waals surface area (Å²) in [5.74, 6) is 0.0438. The zero-order valence-corrected chi connectivity index (χ0v) is 17.3. The zero-order chi connectivity index (χ0) is 21.7. The van der Waals surface area contributed by atoms with Gasteiger partial charge in [-0.2, -0.15) is 0 Å². The van der Waals surface area contributed by atoms with E-state index < -0.39 is 0 Å². The Bertz CT molecular complexity index is 1400. The van der Waals surface area contributed by atoms with E-state index in [1.165, 1.54) is 0 Å². The molecule has 0 saturated carbocycles. The first-order chi connectivity index (χ1) is 15.7. The minimum Gasteiger partial charge on any atom is -0.383 e. The van der Waals surface area contributed by atoms with Crippen LogP contribution < -0.4 is 10.6 Å². The predicted molar refractivity (Wildman–Crippen MR) is 132 cm³/mol. The van der Waals surface area contributed by atoms with Crippen molar-refractivity contribution in [1.29, 1.82) is 0 Å². The van der Waals surface area contributed by atoms with Crippen molar-refractivity contribution in [2.75, 3.05) is 23.7 Å². The highest BCUT2D eigenvalue weighted by molar-refractivity contribution is 6.24. The summed E-state index contributed by atoms with van der Waals surface area (Å²) in [6.45, 7) is 1.22. The molecular weight excluding hydrogens is 396 g/mol. The monoisotopic (exact) mass is 416 g/mol. The summed E-state index contributed by atoms with van der Waals surface area (Å²) in [5, 5.41) is 11.0. The van der Waals surface area contributed by atoms with E-state index in [4.69, 9.17) is 0 Å². The Morgan fingerprint density at radius 2 is 1.00 bits per heavy atom. The Kier molecular flexibility index (Phi) is 4.18. The van der Waals surface area contributed by atoms with Crippen LogP contribution in [0.15, 0.2) is 72.8 Å². The molecule has 0 bridgehead atoms. The number of hydrogen-bond acceptors (Lipinski definition) is 4. The van der Waals surface area contributed by atoms with Crippen LogP contribution in [-0.2, 0) is 0 Å². The third-order valence-corrected chi connectivity index (χ3v) is 6.23. The molecule has 0 amide bonds. The fraction of sp³-hybridized carbons (Fsp3) is 0.0714.